The van der Waals surface area contributed by atoms with Crippen molar-refractivity contribution in [3.05, 3.63) is 70.8 Å². The molecule has 1 aliphatic heterocycles. The van der Waals surface area contributed by atoms with Crippen molar-refractivity contribution in [2.75, 3.05) is 0 Å². The van der Waals surface area contributed by atoms with E-state index in [9.17, 15) is 19.2 Å². The summed E-state index contributed by atoms with van der Waals surface area (Å²) < 4.78 is 0. The lowest BCUT2D eigenvalue weighted by Gasteiger charge is -2.21. The number of hydrogen-bond donors (Lipinski definition) is 4. The van der Waals surface area contributed by atoms with Gasteiger partial charge in [0.1, 0.15) is 5.54 Å². The third-order valence-corrected chi connectivity index (χ3v) is 4.40. The fourth-order valence-electron chi connectivity index (χ4n) is 2.80. The summed E-state index contributed by atoms with van der Waals surface area (Å²) in [5.74, 6) is -1.83. The quantitative estimate of drug-likeness (QED) is 0.594. The Hall–Kier alpha value is -3.68. The largest absolute Gasteiger partial charge is 0.478 e. The van der Waals surface area contributed by atoms with E-state index in [2.05, 4.69) is 16.0 Å². The van der Waals surface area contributed by atoms with E-state index in [1.807, 2.05) is 0 Å². The lowest BCUT2D eigenvalue weighted by atomic mass is 9.91. The maximum Gasteiger partial charge on any atom is 0.335 e. The lowest BCUT2D eigenvalue weighted by Crippen LogP contribution is -2.40. The third-order valence-electron chi connectivity index (χ3n) is 4.40. The highest BCUT2D eigenvalue weighted by Crippen LogP contribution is 2.24. The van der Waals surface area contributed by atoms with Gasteiger partial charge in [0.15, 0.2) is 0 Å². The van der Waals surface area contributed by atoms with E-state index in [-0.39, 0.29) is 18.0 Å². The van der Waals surface area contributed by atoms with Gasteiger partial charge >= 0.3 is 12.0 Å². The van der Waals surface area contributed by atoms with Gasteiger partial charge in [0.25, 0.3) is 11.8 Å². The van der Waals surface area contributed by atoms with E-state index >= 15 is 0 Å². The van der Waals surface area contributed by atoms with Crippen LogP contribution in [0.25, 0.3) is 0 Å². The molecule has 0 unspecified atom stereocenters. The van der Waals surface area contributed by atoms with E-state index in [0.717, 1.165) is 0 Å². The molecule has 0 aromatic heterocycles. The van der Waals surface area contributed by atoms with Crippen molar-refractivity contribution in [2.45, 2.75) is 19.0 Å². The van der Waals surface area contributed by atoms with Crippen molar-refractivity contribution < 1.29 is 24.3 Å². The first-order chi connectivity index (χ1) is 12.8. The van der Waals surface area contributed by atoms with Crippen LogP contribution in [0.15, 0.2) is 48.5 Å². The van der Waals surface area contributed by atoms with Gasteiger partial charge in [-0.25, -0.2) is 9.59 Å². The second-order valence-corrected chi connectivity index (χ2v) is 6.30. The third kappa shape index (κ3) is 3.64. The van der Waals surface area contributed by atoms with Gasteiger partial charge in [-0.05, 0) is 42.3 Å². The first-order valence-corrected chi connectivity index (χ1v) is 8.14. The zero-order chi connectivity index (χ0) is 19.6. The molecule has 0 saturated carbocycles. The fourth-order valence-corrected chi connectivity index (χ4v) is 2.80. The molecule has 27 heavy (non-hydrogen) atoms. The molecule has 8 heteroatoms. The highest BCUT2D eigenvalue weighted by molar-refractivity contribution is 6.07. The molecule has 4 amide bonds. The van der Waals surface area contributed by atoms with E-state index < -0.39 is 23.4 Å². The maximum absolute atomic E-state index is 12.3. The fraction of sp³-hybridized carbons (Fsp3) is 0.158. The molecule has 1 aliphatic rings. The van der Waals surface area contributed by atoms with Crippen LogP contribution in [0.4, 0.5) is 4.79 Å². The molecule has 1 saturated heterocycles. The number of imide groups is 1. The number of amides is 4. The SMILES string of the molecule is C[C@@]1(c2ccc(C(=O)NCc3cccc(C(=O)O)c3)cc2)NC(=O)NC1=O. The Morgan fingerprint density at radius 3 is 2.37 bits per heavy atom. The number of carbonyl (C=O) groups is 4. The van der Waals surface area contributed by atoms with Crippen molar-refractivity contribution in [3.63, 3.8) is 0 Å². The summed E-state index contributed by atoms with van der Waals surface area (Å²) in [6.45, 7) is 1.76. The normalized spacial score (nSPS) is 18.6. The average molecular weight is 367 g/mol. The minimum absolute atomic E-state index is 0.149. The topological polar surface area (TPSA) is 125 Å². The van der Waals surface area contributed by atoms with Gasteiger partial charge in [-0.3, -0.25) is 14.9 Å². The van der Waals surface area contributed by atoms with Gasteiger partial charge in [-0.15, -0.1) is 0 Å². The second kappa shape index (κ2) is 6.91. The molecular weight excluding hydrogens is 350 g/mol. The van der Waals surface area contributed by atoms with Crippen LogP contribution in [0, 0.1) is 0 Å². The molecule has 0 bridgehead atoms. The zero-order valence-electron chi connectivity index (χ0n) is 14.4. The van der Waals surface area contributed by atoms with Crippen molar-refractivity contribution >= 4 is 23.8 Å². The average Bonchev–Trinajstić information content (AvgIpc) is 2.92. The predicted molar refractivity (Wildman–Crippen MR) is 95.0 cm³/mol. The highest BCUT2D eigenvalue weighted by atomic mass is 16.4. The van der Waals surface area contributed by atoms with E-state index in [4.69, 9.17) is 5.11 Å². The van der Waals surface area contributed by atoms with E-state index in [1.54, 1.807) is 43.3 Å². The molecule has 0 radical (unpaired) electrons. The summed E-state index contributed by atoms with van der Waals surface area (Å²) >= 11 is 0. The van der Waals surface area contributed by atoms with Crippen molar-refractivity contribution in [2.24, 2.45) is 0 Å². The Bertz CT molecular complexity index is 939. The molecule has 2 aromatic rings. The predicted octanol–water partition coefficient (Wildman–Crippen LogP) is 1.37. The number of carboxylic acids is 1. The zero-order valence-corrected chi connectivity index (χ0v) is 14.4. The molecule has 4 N–H and O–H groups in total. The van der Waals surface area contributed by atoms with E-state index in [0.29, 0.717) is 16.7 Å². The van der Waals surface area contributed by atoms with E-state index in [1.165, 1.54) is 12.1 Å². The number of carboxylic acid groups (broad SMARTS) is 1. The summed E-state index contributed by atoms with van der Waals surface area (Å²) in [6.07, 6.45) is 0. The molecule has 1 heterocycles. The molecule has 138 valence electrons. The standard InChI is InChI=1S/C19H17N3O5/c1-19(17(26)21-18(27)22-19)14-7-5-12(6-8-14)15(23)20-10-11-3-2-4-13(9-11)16(24)25/h2-9H,10H2,1H3,(H,20,23)(H,24,25)(H2,21,22,26,27)/t19-/m0/s1. The number of benzene rings is 2. The Balaban J connectivity index is 1.68. The number of aromatic carboxylic acids is 1. The first-order valence-electron chi connectivity index (χ1n) is 8.14. The molecule has 0 spiro atoms. The van der Waals surface area contributed by atoms with Gasteiger partial charge < -0.3 is 15.7 Å². The van der Waals surface area contributed by atoms with Crippen LogP contribution in [-0.2, 0) is 16.9 Å². The van der Waals surface area contributed by atoms with Gasteiger partial charge in [-0.2, -0.15) is 0 Å². The summed E-state index contributed by atoms with van der Waals surface area (Å²) in [5.41, 5.74) is 0.565. The van der Waals surface area contributed by atoms with Gasteiger partial charge in [-0.1, -0.05) is 24.3 Å². The van der Waals surface area contributed by atoms with Gasteiger partial charge in [0.05, 0.1) is 5.56 Å². The van der Waals surface area contributed by atoms with Crippen molar-refractivity contribution in [1.29, 1.82) is 0 Å². The van der Waals surface area contributed by atoms with Crippen LogP contribution in [0.1, 0.15) is 38.8 Å². The number of nitrogens with one attached hydrogen (secondary N) is 3. The minimum atomic E-state index is -1.18. The molecule has 2 aromatic carbocycles. The Morgan fingerprint density at radius 2 is 1.78 bits per heavy atom. The number of carbonyl (C=O) groups excluding carboxylic acids is 3. The van der Waals surface area contributed by atoms with Crippen LogP contribution >= 0.6 is 0 Å². The monoisotopic (exact) mass is 367 g/mol. The number of hydrogen-bond acceptors (Lipinski definition) is 4. The molecular formula is C19H17N3O5. The Kier molecular flexibility index (Phi) is 4.64. The molecule has 1 atom stereocenters. The van der Waals surface area contributed by atoms with Crippen LogP contribution < -0.4 is 16.0 Å². The van der Waals surface area contributed by atoms with Crippen LogP contribution in [0.5, 0.6) is 0 Å². The highest BCUT2D eigenvalue weighted by Gasteiger charge is 2.43. The summed E-state index contributed by atoms with van der Waals surface area (Å²) in [5, 5.41) is 16.5. The Morgan fingerprint density at radius 1 is 1.07 bits per heavy atom. The van der Waals surface area contributed by atoms with Crippen molar-refractivity contribution in [3.8, 4) is 0 Å². The maximum atomic E-state index is 12.3. The van der Waals surface area contributed by atoms with Crippen LogP contribution in [0.2, 0.25) is 0 Å². The second-order valence-electron chi connectivity index (χ2n) is 6.30. The minimum Gasteiger partial charge on any atom is -0.478 e. The molecule has 1 fully saturated rings. The smallest absolute Gasteiger partial charge is 0.335 e. The molecule has 0 aliphatic carbocycles. The number of rotatable bonds is 5. The number of urea groups is 1. The Labute approximate surface area is 154 Å². The summed E-state index contributed by atoms with van der Waals surface area (Å²) in [6, 6.07) is 12.1. The summed E-state index contributed by atoms with van der Waals surface area (Å²) in [4.78, 5) is 46.6. The molecule has 3 rings (SSSR count). The molecule has 8 nitrogen and oxygen atoms in total. The van der Waals surface area contributed by atoms with Crippen molar-refractivity contribution in [1.82, 2.24) is 16.0 Å². The van der Waals surface area contributed by atoms with Gasteiger partial charge in [0.2, 0.25) is 0 Å². The van der Waals surface area contributed by atoms with Crippen LogP contribution in [-0.4, -0.2) is 28.9 Å². The summed E-state index contributed by atoms with van der Waals surface area (Å²) in [7, 11) is 0. The van der Waals surface area contributed by atoms with Crippen LogP contribution in [0.3, 0.4) is 0 Å². The lowest BCUT2D eigenvalue weighted by molar-refractivity contribution is -0.123. The first kappa shape index (κ1) is 18.1. The van der Waals surface area contributed by atoms with Gasteiger partial charge in [0, 0.05) is 12.1 Å².